The molecule has 1 aliphatic rings. The monoisotopic (exact) mass is 420 g/mol. The van der Waals surface area contributed by atoms with Crippen LogP contribution in [-0.2, 0) is 6.42 Å². The van der Waals surface area contributed by atoms with Crippen LogP contribution in [0.15, 0.2) is 42.5 Å². The highest BCUT2D eigenvalue weighted by molar-refractivity contribution is 5.53. The normalized spacial score (nSPS) is 16.0. The number of quaternary nitrogens is 1. The molecular formula is C23H33ClN2O3. The topological polar surface area (TPSA) is 35.4 Å². The van der Waals surface area contributed by atoms with Crippen LogP contribution in [0.5, 0.6) is 17.2 Å². The van der Waals surface area contributed by atoms with Gasteiger partial charge in [-0.1, -0.05) is 30.3 Å². The first-order chi connectivity index (χ1) is 13.7. The molecule has 0 amide bonds. The van der Waals surface area contributed by atoms with Gasteiger partial charge in [-0.25, -0.2) is 0 Å². The van der Waals surface area contributed by atoms with Crippen molar-refractivity contribution in [3.63, 3.8) is 0 Å². The molecule has 29 heavy (non-hydrogen) atoms. The van der Waals surface area contributed by atoms with Crippen molar-refractivity contribution in [2.75, 3.05) is 54.1 Å². The second-order valence-corrected chi connectivity index (χ2v) is 7.41. The summed E-state index contributed by atoms with van der Waals surface area (Å²) >= 11 is 0. The Balaban J connectivity index is 0.00000300. The van der Waals surface area contributed by atoms with Gasteiger partial charge in [0.2, 0.25) is 5.75 Å². The van der Waals surface area contributed by atoms with Crippen LogP contribution in [0.2, 0.25) is 0 Å². The van der Waals surface area contributed by atoms with E-state index in [4.69, 9.17) is 14.2 Å². The Hall–Kier alpha value is -1.95. The van der Waals surface area contributed by atoms with Crippen LogP contribution in [0.3, 0.4) is 0 Å². The van der Waals surface area contributed by atoms with Crippen molar-refractivity contribution >= 4 is 0 Å². The van der Waals surface area contributed by atoms with E-state index < -0.39 is 0 Å². The van der Waals surface area contributed by atoms with Gasteiger partial charge in [-0.05, 0) is 30.2 Å². The summed E-state index contributed by atoms with van der Waals surface area (Å²) in [5, 5.41) is 0. The third kappa shape index (κ3) is 5.78. The van der Waals surface area contributed by atoms with Crippen LogP contribution in [0.1, 0.15) is 24.1 Å². The molecule has 0 radical (unpaired) electrons. The van der Waals surface area contributed by atoms with Crippen LogP contribution >= 0.6 is 0 Å². The molecule has 5 nitrogen and oxygen atoms in total. The molecule has 6 heteroatoms. The number of nitrogens with zero attached hydrogens (tertiary/aromatic N) is 1. The Bertz CT molecular complexity index is 724. The van der Waals surface area contributed by atoms with Crippen molar-refractivity contribution in [2.24, 2.45) is 0 Å². The Kier molecular flexibility index (Phi) is 9.08. The molecule has 2 aromatic carbocycles. The summed E-state index contributed by atoms with van der Waals surface area (Å²) in [6.45, 7) is 8.08. The number of nitrogens with one attached hydrogen (secondary N) is 1. The number of halogens is 1. The van der Waals surface area contributed by atoms with Crippen LogP contribution in [0.25, 0.3) is 0 Å². The van der Waals surface area contributed by atoms with Gasteiger partial charge in [0, 0.05) is 25.6 Å². The SMILES string of the molecule is COc1cc(CC[NH+]2CCN(C(C)c3ccccc3)CC2)cc(OC)c1OC.[Cl-]. The Morgan fingerprint density at radius 1 is 0.931 bits per heavy atom. The van der Waals surface area contributed by atoms with Crippen LogP contribution in [-0.4, -0.2) is 59.0 Å². The van der Waals surface area contributed by atoms with Gasteiger partial charge in [-0.2, -0.15) is 0 Å². The van der Waals surface area contributed by atoms with Crippen molar-refractivity contribution in [2.45, 2.75) is 19.4 Å². The molecule has 1 N–H and O–H groups in total. The van der Waals surface area contributed by atoms with Gasteiger partial charge in [0.15, 0.2) is 11.5 Å². The second kappa shape index (κ2) is 11.3. The van der Waals surface area contributed by atoms with E-state index in [9.17, 15) is 0 Å². The summed E-state index contributed by atoms with van der Waals surface area (Å²) < 4.78 is 16.4. The largest absolute Gasteiger partial charge is 1.00 e. The zero-order chi connectivity index (χ0) is 19.9. The van der Waals surface area contributed by atoms with Gasteiger partial charge in [0.25, 0.3) is 0 Å². The molecular weight excluding hydrogens is 388 g/mol. The molecule has 0 bridgehead atoms. The van der Waals surface area contributed by atoms with Gasteiger partial charge >= 0.3 is 0 Å². The lowest BCUT2D eigenvalue weighted by Gasteiger charge is -2.36. The van der Waals surface area contributed by atoms with Gasteiger partial charge in [-0.15, -0.1) is 0 Å². The average molecular weight is 421 g/mol. The maximum Gasteiger partial charge on any atom is 0.203 e. The molecule has 1 aliphatic heterocycles. The summed E-state index contributed by atoms with van der Waals surface area (Å²) in [5.74, 6) is 2.12. The number of methoxy groups -OCH3 is 3. The first-order valence-electron chi connectivity index (χ1n) is 10.1. The van der Waals surface area contributed by atoms with E-state index in [0.29, 0.717) is 11.8 Å². The zero-order valence-corrected chi connectivity index (χ0v) is 18.7. The second-order valence-electron chi connectivity index (χ2n) is 7.41. The summed E-state index contributed by atoms with van der Waals surface area (Å²) in [6.07, 6.45) is 1.00. The predicted molar refractivity (Wildman–Crippen MR) is 112 cm³/mol. The molecule has 160 valence electrons. The third-order valence-electron chi connectivity index (χ3n) is 5.83. The quantitative estimate of drug-likeness (QED) is 0.608. The maximum absolute atomic E-state index is 5.48. The van der Waals surface area contributed by atoms with E-state index in [1.165, 1.54) is 24.2 Å². The average Bonchev–Trinajstić information content (AvgIpc) is 2.77. The maximum atomic E-state index is 5.48. The molecule has 1 saturated heterocycles. The molecule has 2 aromatic rings. The minimum atomic E-state index is 0. The van der Waals surface area contributed by atoms with Crippen molar-refractivity contribution in [1.82, 2.24) is 4.90 Å². The fourth-order valence-electron chi connectivity index (χ4n) is 4.02. The number of piperazine rings is 1. The molecule has 3 rings (SSSR count). The zero-order valence-electron chi connectivity index (χ0n) is 17.9. The van der Waals surface area contributed by atoms with E-state index in [2.05, 4.69) is 54.3 Å². The third-order valence-corrected chi connectivity index (χ3v) is 5.83. The van der Waals surface area contributed by atoms with Crippen LogP contribution in [0.4, 0.5) is 0 Å². The van der Waals surface area contributed by atoms with E-state index in [0.717, 1.165) is 37.6 Å². The molecule has 0 aliphatic carbocycles. The summed E-state index contributed by atoms with van der Waals surface area (Å²) in [7, 11) is 4.97. The van der Waals surface area contributed by atoms with E-state index in [-0.39, 0.29) is 12.4 Å². The number of benzene rings is 2. The Labute approximate surface area is 181 Å². The standard InChI is InChI=1S/C23H32N2O3.ClH/c1-18(20-8-6-5-7-9-20)25-14-12-24(13-15-25)11-10-19-16-21(26-2)23(28-4)22(17-19)27-3;/h5-9,16-18H,10-15H2,1-4H3;1H. The fourth-order valence-corrected chi connectivity index (χ4v) is 4.02. The van der Waals surface area contributed by atoms with Crippen molar-refractivity contribution in [3.05, 3.63) is 53.6 Å². The lowest BCUT2D eigenvalue weighted by molar-refractivity contribution is -0.904. The van der Waals surface area contributed by atoms with Gasteiger partial charge in [0.05, 0.1) is 41.0 Å². The summed E-state index contributed by atoms with van der Waals surface area (Å²) in [4.78, 5) is 4.25. The van der Waals surface area contributed by atoms with E-state index in [1.54, 1.807) is 26.2 Å². The van der Waals surface area contributed by atoms with Crippen molar-refractivity contribution in [3.8, 4) is 17.2 Å². The molecule has 0 spiro atoms. The van der Waals surface area contributed by atoms with Crippen molar-refractivity contribution in [1.29, 1.82) is 0 Å². The van der Waals surface area contributed by atoms with Crippen LogP contribution < -0.4 is 31.5 Å². The molecule has 1 unspecified atom stereocenters. The number of hydrogen-bond acceptors (Lipinski definition) is 4. The molecule has 1 atom stereocenters. The number of rotatable bonds is 8. The van der Waals surface area contributed by atoms with Gasteiger partial charge in [-0.3, -0.25) is 4.90 Å². The van der Waals surface area contributed by atoms with Crippen LogP contribution in [0, 0.1) is 0 Å². The first-order valence-corrected chi connectivity index (χ1v) is 10.1. The highest BCUT2D eigenvalue weighted by Gasteiger charge is 2.24. The summed E-state index contributed by atoms with van der Waals surface area (Å²) in [5.41, 5.74) is 2.63. The van der Waals surface area contributed by atoms with E-state index in [1.807, 2.05) is 0 Å². The molecule has 1 heterocycles. The number of hydrogen-bond donors (Lipinski definition) is 1. The van der Waals surface area contributed by atoms with Crippen molar-refractivity contribution < 1.29 is 31.5 Å². The highest BCUT2D eigenvalue weighted by Crippen LogP contribution is 2.38. The lowest BCUT2D eigenvalue weighted by Crippen LogP contribution is -3.15. The fraction of sp³-hybridized carbons (Fsp3) is 0.478. The number of ether oxygens (including phenoxy) is 3. The molecule has 0 saturated carbocycles. The molecule has 0 aromatic heterocycles. The lowest BCUT2D eigenvalue weighted by atomic mass is 10.1. The Morgan fingerprint density at radius 2 is 1.52 bits per heavy atom. The highest BCUT2D eigenvalue weighted by atomic mass is 35.5. The van der Waals surface area contributed by atoms with E-state index >= 15 is 0 Å². The van der Waals surface area contributed by atoms with Gasteiger partial charge in [0.1, 0.15) is 0 Å². The van der Waals surface area contributed by atoms with Gasteiger partial charge < -0.3 is 31.5 Å². The Morgan fingerprint density at radius 3 is 2.03 bits per heavy atom. The first kappa shape index (κ1) is 23.3. The summed E-state index contributed by atoms with van der Waals surface area (Å²) in [6, 6.07) is 15.4. The minimum Gasteiger partial charge on any atom is -1.00 e. The predicted octanol–water partition coefficient (Wildman–Crippen LogP) is -0.779. The molecule has 1 fully saturated rings. The smallest absolute Gasteiger partial charge is 0.203 e. The minimum absolute atomic E-state index is 0.